The molecular weight excluding hydrogens is 334 g/mol. The van der Waals surface area contributed by atoms with E-state index in [2.05, 4.69) is 20.6 Å². The monoisotopic (exact) mass is 363 g/mol. The quantitative estimate of drug-likeness (QED) is 0.581. The van der Waals surface area contributed by atoms with Crippen LogP contribution < -0.4 is 16.4 Å². The Balaban J connectivity index is 1.66. The third-order valence-corrected chi connectivity index (χ3v) is 5.27. The summed E-state index contributed by atoms with van der Waals surface area (Å²) in [6, 6.07) is 0.175. The summed E-state index contributed by atoms with van der Waals surface area (Å²) in [4.78, 5) is 20.4. The molecule has 8 nitrogen and oxygen atoms in total. The number of hydrogen-bond donors (Lipinski definition) is 4. The summed E-state index contributed by atoms with van der Waals surface area (Å²) in [5, 5.41) is 16.6. The first-order valence-corrected chi connectivity index (χ1v) is 9.56. The van der Waals surface area contributed by atoms with Crippen molar-refractivity contribution in [1.82, 2.24) is 9.97 Å². The van der Waals surface area contributed by atoms with Crippen LogP contribution in [0.5, 0.6) is 0 Å². The Hall–Kier alpha value is -1.93. The summed E-state index contributed by atoms with van der Waals surface area (Å²) in [6.07, 6.45) is 7.93. The van der Waals surface area contributed by atoms with E-state index in [-0.39, 0.29) is 17.6 Å². The molecule has 26 heavy (non-hydrogen) atoms. The van der Waals surface area contributed by atoms with Crippen LogP contribution in [0.2, 0.25) is 0 Å². The van der Waals surface area contributed by atoms with Crippen LogP contribution in [0.4, 0.5) is 11.8 Å². The Labute approximate surface area is 153 Å². The number of aliphatic hydroxyl groups is 1. The van der Waals surface area contributed by atoms with Crippen LogP contribution in [-0.2, 0) is 4.74 Å². The zero-order valence-electron chi connectivity index (χ0n) is 15.3. The lowest BCUT2D eigenvalue weighted by molar-refractivity contribution is 0.0346. The van der Waals surface area contributed by atoms with Crippen molar-refractivity contribution in [2.75, 3.05) is 17.2 Å². The summed E-state index contributed by atoms with van der Waals surface area (Å²) < 4.78 is 5.68. The second-order valence-electron chi connectivity index (χ2n) is 7.14. The molecule has 144 valence electrons. The van der Waals surface area contributed by atoms with Crippen molar-refractivity contribution in [2.24, 2.45) is 5.73 Å². The molecular formula is C18H29N5O3. The highest BCUT2D eigenvalue weighted by molar-refractivity contribution is 5.97. The zero-order valence-corrected chi connectivity index (χ0v) is 15.3. The van der Waals surface area contributed by atoms with E-state index < -0.39 is 12.0 Å². The molecule has 8 heteroatoms. The van der Waals surface area contributed by atoms with E-state index in [9.17, 15) is 9.90 Å². The number of primary amides is 1. The lowest BCUT2D eigenvalue weighted by atomic mass is 9.93. The number of nitrogens with two attached hydrogens (primary N) is 1. The van der Waals surface area contributed by atoms with E-state index in [1.54, 1.807) is 0 Å². The predicted molar refractivity (Wildman–Crippen MR) is 99.1 cm³/mol. The number of amides is 1. The number of aliphatic hydroxyl groups excluding tert-OH is 1. The van der Waals surface area contributed by atoms with Gasteiger partial charge < -0.3 is 26.2 Å². The Morgan fingerprint density at radius 2 is 2.04 bits per heavy atom. The van der Waals surface area contributed by atoms with Crippen LogP contribution in [0.1, 0.15) is 62.2 Å². The van der Waals surface area contributed by atoms with Crippen molar-refractivity contribution in [3.8, 4) is 0 Å². The van der Waals surface area contributed by atoms with Gasteiger partial charge in [0, 0.05) is 18.8 Å². The molecule has 2 saturated carbocycles. The zero-order chi connectivity index (χ0) is 18.5. The average molecular weight is 363 g/mol. The van der Waals surface area contributed by atoms with E-state index in [1.165, 1.54) is 6.20 Å². The van der Waals surface area contributed by atoms with E-state index in [4.69, 9.17) is 10.5 Å². The molecule has 0 radical (unpaired) electrons. The number of nitrogens with zero attached hydrogens (tertiary/aromatic N) is 2. The van der Waals surface area contributed by atoms with E-state index in [0.717, 1.165) is 51.6 Å². The minimum atomic E-state index is -0.580. The highest BCUT2D eigenvalue weighted by atomic mass is 16.5. The molecule has 0 aromatic carbocycles. The fourth-order valence-electron chi connectivity index (χ4n) is 3.82. The minimum absolute atomic E-state index is 0.113. The van der Waals surface area contributed by atoms with Crippen molar-refractivity contribution in [3.63, 3.8) is 0 Å². The van der Waals surface area contributed by atoms with Crippen molar-refractivity contribution < 1.29 is 14.6 Å². The van der Waals surface area contributed by atoms with Gasteiger partial charge in [0.15, 0.2) is 0 Å². The number of carbonyl (C=O) groups is 1. The Morgan fingerprint density at radius 3 is 2.65 bits per heavy atom. The van der Waals surface area contributed by atoms with Crippen molar-refractivity contribution in [3.05, 3.63) is 11.8 Å². The van der Waals surface area contributed by atoms with Gasteiger partial charge >= 0.3 is 0 Å². The second-order valence-corrected chi connectivity index (χ2v) is 7.14. The third-order valence-electron chi connectivity index (χ3n) is 5.27. The molecule has 0 saturated heterocycles. The predicted octanol–water partition coefficient (Wildman–Crippen LogP) is 1.66. The maximum atomic E-state index is 11.7. The van der Waals surface area contributed by atoms with Gasteiger partial charge in [-0.1, -0.05) is 0 Å². The summed E-state index contributed by atoms with van der Waals surface area (Å²) >= 11 is 0. The second kappa shape index (κ2) is 8.64. The number of aromatic nitrogens is 2. The van der Waals surface area contributed by atoms with Gasteiger partial charge in [0.2, 0.25) is 5.95 Å². The highest BCUT2D eigenvalue weighted by Crippen LogP contribution is 2.26. The topological polar surface area (TPSA) is 122 Å². The van der Waals surface area contributed by atoms with Crippen LogP contribution in [0.25, 0.3) is 0 Å². The minimum Gasteiger partial charge on any atom is -0.391 e. The smallest absolute Gasteiger partial charge is 0.254 e. The summed E-state index contributed by atoms with van der Waals surface area (Å²) in [5.74, 6) is 0.289. The fraction of sp³-hybridized carbons (Fsp3) is 0.722. The molecule has 2 aliphatic rings. The van der Waals surface area contributed by atoms with Gasteiger partial charge in [0.1, 0.15) is 5.82 Å². The van der Waals surface area contributed by atoms with Gasteiger partial charge in [-0.3, -0.25) is 4.79 Å². The molecule has 5 N–H and O–H groups in total. The van der Waals surface area contributed by atoms with Crippen LogP contribution in [-0.4, -0.2) is 51.9 Å². The fourth-order valence-corrected chi connectivity index (χ4v) is 3.82. The van der Waals surface area contributed by atoms with E-state index >= 15 is 0 Å². The van der Waals surface area contributed by atoms with Gasteiger partial charge in [-0.05, 0) is 51.9 Å². The Bertz CT molecular complexity index is 619. The van der Waals surface area contributed by atoms with Crippen LogP contribution in [0.3, 0.4) is 0 Å². The lowest BCUT2D eigenvalue weighted by Crippen LogP contribution is -2.32. The number of rotatable bonds is 7. The first-order valence-electron chi connectivity index (χ1n) is 9.56. The molecule has 2 atom stereocenters. The average Bonchev–Trinajstić information content (AvgIpc) is 3.02. The Kier molecular flexibility index (Phi) is 6.26. The van der Waals surface area contributed by atoms with Crippen molar-refractivity contribution in [2.45, 2.75) is 76.2 Å². The molecule has 1 aromatic heterocycles. The first kappa shape index (κ1) is 18.8. The van der Waals surface area contributed by atoms with Crippen molar-refractivity contribution >= 4 is 17.7 Å². The maximum Gasteiger partial charge on any atom is 0.254 e. The summed E-state index contributed by atoms with van der Waals surface area (Å²) in [6.45, 7) is 2.77. The molecule has 1 heterocycles. The molecule has 0 aliphatic heterocycles. The largest absolute Gasteiger partial charge is 0.391 e. The van der Waals surface area contributed by atoms with Crippen LogP contribution in [0, 0.1) is 0 Å². The summed E-state index contributed by atoms with van der Waals surface area (Å²) in [7, 11) is 0. The number of carbonyl (C=O) groups excluding carboxylic acids is 1. The van der Waals surface area contributed by atoms with Gasteiger partial charge in [0.05, 0.1) is 23.8 Å². The number of anilines is 2. The van der Waals surface area contributed by atoms with E-state index in [1.807, 2.05) is 6.92 Å². The first-order chi connectivity index (χ1) is 12.6. The van der Waals surface area contributed by atoms with Crippen LogP contribution >= 0.6 is 0 Å². The number of ether oxygens (including phenoxy) is 1. The van der Waals surface area contributed by atoms with Crippen LogP contribution in [0.15, 0.2) is 6.20 Å². The van der Waals surface area contributed by atoms with E-state index in [0.29, 0.717) is 17.9 Å². The highest BCUT2D eigenvalue weighted by Gasteiger charge is 2.27. The number of hydrogen-bond acceptors (Lipinski definition) is 7. The molecule has 2 fully saturated rings. The molecule has 2 aliphatic carbocycles. The molecule has 0 bridgehead atoms. The number of nitrogens with one attached hydrogen (secondary N) is 2. The third kappa shape index (κ3) is 4.62. The lowest BCUT2D eigenvalue weighted by Gasteiger charge is -2.29. The van der Waals surface area contributed by atoms with Gasteiger partial charge in [-0.15, -0.1) is 0 Å². The molecule has 3 rings (SSSR count). The normalized spacial score (nSPS) is 28.7. The van der Waals surface area contributed by atoms with Gasteiger partial charge in [0.25, 0.3) is 5.91 Å². The van der Waals surface area contributed by atoms with Gasteiger partial charge in [-0.2, -0.15) is 4.98 Å². The standard InChI is InChI=1S/C18H29N5O3/c1-2-26-12-8-6-11(7-9-12)21-18-20-10-13(16(19)25)17(23-18)22-14-4-3-5-15(14)24/h10-12,14-15,24H,2-9H2,1H3,(H2,19,25)(H2,20,21,22,23)/t11-,12-,14-,15-/m1/s1. The molecule has 1 amide bonds. The molecule has 0 spiro atoms. The molecule has 0 unspecified atom stereocenters. The summed E-state index contributed by atoms with van der Waals surface area (Å²) in [5.41, 5.74) is 5.69. The molecule has 1 aromatic rings. The SMILES string of the molecule is CCO[C@H]1CC[C@H](Nc2ncc(C(N)=O)c(N[C@@H]3CCC[C@H]3O)n2)CC1. The van der Waals surface area contributed by atoms with Crippen molar-refractivity contribution in [1.29, 1.82) is 0 Å². The van der Waals surface area contributed by atoms with Gasteiger partial charge in [-0.25, -0.2) is 4.98 Å². The Morgan fingerprint density at radius 1 is 1.27 bits per heavy atom. The maximum absolute atomic E-state index is 11.7.